The van der Waals surface area contributed by atoms with Gasteiger partial charge in [0.05, 0.1) is 18.8 Å². The van der Waals surface area contributed by atoms with Crippen molar-refractivity contribution in [3.63, 3.8) is 0 Å². The van der Waals surface area contributed by atoms with Crippen LogP contribution in [0.5, 0.6) is 5.75 Å². The first-order valence-corrected chi connectivity index (χ1v) is 7.96. The van der Waals surface area contributed by atoms with E-state index in [1.807, 2.05) is 25.1 Å². The van der Waals surface area contributed by atoms with E-state index in [4.69, 9.17) is 16.3 Å². The summed E-state index contributed by atoms with van der Waals surface area (Å²) in [5.41, 5.74) is 4.32. The van der Waals surface area contributed by atoms with Gasteiger partial charge in [-0.05, 0) is 66.0 Å². The van der Waals surface area contributed by atoms with Crippen molar-refractivity contribution in [2.24, 2.45) is 0 Å². The zero-order valence-electron chi connectivity index (χ0n) is 12.6. The first-order chi connectivity index (χ1) is 9.92. The highest BCUT2D eigenvalue weighted by molar-refractivity contribution is 9.10. The Bertz CT molecular complexity index is 657. The van der Waals surface area contributed by atoms with Crippen LogP contribution in [0, 0.1) is 13.8 Å². The van der Waals surface area contributed by atoms with Crippen molar-refractivity contribution < 1.29 is 4.74 Å². The summed E-state index contributed by atoms with van der Waals surface area (Å²) >= 11 is 9.79. The van der Waals surface area contributed by atoms with Gasteiger partial charge in [0.2, 0.25) is 0 Å². The van der Waals surface area contributed by atoms with Crippen LogP contribution in [0.4, 0.5) is 5.69 Å². The van der Waals surface area contributed by atoms with E-state index >= 15 is 0 Å². The molecule has 0 aliphatic carbocycles. The third kappa shape index (κ3) is 3.72. The lowest BCUT2D eigenvalue weighted by Crippen LogP contribution is -2.09. The second-order valence-electron chi connectivity index (χ2n) is 5.19. The highest BCUT2D eigenvalue weighted by Gasteiger charge is 2.13. The Morgan fingerprint density at radius 1 is 1.19 bits per heavy atom. The maximum absolute atomic E-state index is 6.21. The van der Waals surface area contributed by atoms with Crippen molar-refractivity contribution in [1.29, 1.82) is 0 Å². The van der Waals surface area contributed by atoms with Crippen molar-refractivity contribution in [2.45, 2.75) is 26.8 Å². The number of rotatable bonds is 4. The van der Waals surface area contributed by atoms with Crippen molar-refractivity contribution in [2.75, 3.05) is 12.4 Å². The molecule has 0 saturated heterocycles. The molecule has 2 nitrogen and oxygen atoms in total. The second kappa shape index (κ2) is 6.71. The molecule has 0 bridgehead atoms. The summed E-state index contributed by atoms with van der Waals surface area (Å²) < 4.78 is 6.48. The molecule has 2 aromatic carbocycles. The van der Waals surface area contributed by atoms with Gasteiger partial charge in [-0.15, -0.1) is 0 Å². The van der Waals surface area contributed by atoms with Gasteiger partial charge in [-0.2, -0.15) is 0 Å². The highest BCUT2D eigenvalue weighted by Crippen LogP contribution is 2.34. The SMILES string of the molecule is COc1cc(C)ccc1C(C)Nc1cc(Cl)c(C)cc1Br. The molecule has 2 aromatic rings. The number of anilines is 1. The zero-order chi connectivity index (χ0) is 15.6. The van der Waals surface area contributed by atoms with E-state index in [0.29, 0.717) is 0 Å². The molecule has 0 radical (unpaired) electrons. The summed E-state index contributed by atoms with van der Waals surface area (Å²) in [4.78, 5) is 0. The molecule has 4 heteroatoms. The highest BCUT2D eigenvalue weighted by atomic mass is 79.9. The van der Waals surface area contributed by atoms with E-state index in [-0.39, 0.29) is 6.04 Å². The predicted octanol–water partition coefficient (Wildman–Crippen LogP) is 5.90. The monoisotopic (exact) mass is 367 g/mol. The zero-order valence-corrected chi connectivity index (χ0v) is 15.0. The van der Waals surface area contributed by atoms with Gasteiger partial charge in [0.15, 0.2) is 0 Å². The third-order valence-electron chi connectivity index (χ3n) is 3.48. The maximum atomic E-state index is 6.21. The Balaban J connectivity index is 2.30. The van der Waals surface area contributed by atoms with Crippen LogP contribution in [-0.2, 0) is 0 Å². The lowest BCUT2D eigenvalue weighted by Gasteiger charge is -2.20. The largest absolute Gasteiger partial charge is 0.496 e. The molecule has 2 rings (SSSR count). The van der Waals surface area contributed by atoms with E-state index in [0.717, 1.165) is 32.1 Å². The Kier molecular flexibility index (Phi) is 5.17. The minimum Gasteiger partial charge on any atom is -0.496 e. The molecule has 0 aromatic heterocycles. The first kappa shape index (κ1) is 16.2. The molecule has 0 fully saturated rings. The van der Waals surface area contributed by atoms with E-state index < -0.39 is 0 Å². The molecular weight excluding hydrogens is 350 g/mol. The normalized spacial score (nSPS) is 12.1. The van der Waals surface area contributed by atoms with Crippen molar-refractivity contribution in [1.82, 2.24) is 0 Å². The van der Waals surface area contributed by atoms with Crippen molar-refractivity contribution >= 4 is 33.2 Å². The van der Waals surface area contributed by atoms with Gasteiger partial charge in [0.25, 0.3) is 0 Å². The summed E-state index contributed by atoms with van der Waals surface area (Å²) in [5.74, 6) is 0.893. The van der Waals surface area contributed by atoms with Gasteiger partial charge < -0.3 is 10.1 Å². The summed E-state index contributed by atoms with van der Waals surface area (Å²) in [5, 5.41) is 4.23. The van der Waals surface area contributed by atoms with E-state index in [2.05, 4.69) is 47.2 Å². The smallest absolute Gasteiger partial charge is 0.124 e. The average Bonchev–Trinajstić information content (AvgIpc) is 2.44. The van der Waals surface area contributed by atoms with E-state index in [1.165, 1.54) is 5.56 Å². The second-order valence-corrected chi connectivity index (χ2v) is 6.45. The van der Waals surface area contributed by atoms with E-state index in [1.54, 1.807) is 7.11 Å². The molecule has 112 valence electrons. The molecule has 1 N–H and O–H groups in total. The van der Waals surface area contributed by atoms with Gasteiger partial charge in [0.1, 0.15) is 5.75 Å². The topological polar surface area (TPSA) is 21.3 Å². The van der Waals surface area contributed by atoms with E-state index in [9.17, 15) is 0 Å². The number of methoxy groups -OCH3 is 1. The predicted molar refractivity (Wildman–Crippen MR) is 93.7 cm³/mol. The molecule has 21 heavy (non-hydrogen) atoms. The Hall–Kier alpha value is -1.19. The Morgan fingerprint density at radius 3 is 2.57 bits per heavy atom. The number of benzene rings is 2. The van der Waals surface area contributed by atoms with Crippen LogP contribution >= 0.6 is 27.5 Å². The quantitative estimate of drug-likeness (QED) is 0.725. The minimum absolute atomic E-state index is 0.107. The fourth-order valence-corrected chi connectivity index (χ4v) is 2.98. The molecular formula is C17H19BrClNO. The van der Waals surface area contributed by atoms with Gasteiger partial charge >= 0.3 is 0 Å². The van der Waals surface area contributed by atoms with Crippen LogP contribution in [0.2, 0.25) is 5.02 Å². The molecule has 1 atom stereocenters. The first-order valence-electron chi connectivity index (χ1n) is 6.79. The fourth-order valence-electron chi connectivity index (χ4n) is 2.24. The number of nitrogens with one attached hydrogen (secondary N) is 1. The van der Waals surface area contributed by atoms with Crippen LogP contribution in [0.25, 0.3) is 0 Å². The van der Waals surface area contributed by atoms with Gasteiger partial charge in [-0.1, -0.05) is 23.7 Å². The van der Waals surface area contributed by atoms with Crippen molar-refractivity contribution in [3.05, 3.63) is 56.5 Å². The summed E-state index contributed by atoms with van der Waals surface area (Å²) in [7, 11) is 1.70. The third-order valence-corrected chi connectivity index (χ3v) is 4.54. The fraction of sp³-hybridized carbons (Fsp3) is 0.294. The average molecular weight is 369 g/mol. The molecule has 0 aliphatic heterocycles. The number of aryl methyl sites for hydroxylation is 2. The molecule has 0 saturated carbocycles. The molecule has 0 heterocycles. The number of halogens is 2. The molecule has 0 spiro atoms. The van der Waals surface area contributed by atoms with Crippen LogP contribution in [0.3, 0.4) is 0 Å². The molecule has 0 aliphatic rings. The lowest BCUT2D eigenvalue weighted by molar-refractivity contribution is 0.407. The van der Waals surface area contributed by atoms with Gasteiger partial charge in [-0.3, -0.25) is 0 Å². The van der Waals surface area contributed by atoms with Gasteiger partial charge in [-0.25, -0.2) is 0 Å². The van der Waals surface area contributed by atoms with Crippen LogP contribution in [0.15, 0.2) is 34.8 Å². The number of hydrogen-bond donors (Lipinski definition) is 1. The van der Waals surface area contributed by atoms with Crippen LogP contribution in [-0.4, -0.2) is 7.11 Å². The van der Waals surface area contributed by atoms with Crippen molar-refractivity contribution in [3.8, 4) is 5.75 Å². The van der Waals surface area contributed by atoms with Crippen LogP contribution in [0.1, 0.15) is 29.7 Å². The van der Waals surface area contributed by atoms with Crippen LogP contribution < -0.4 is 10.1 Å². The molecule has 0 amide bonds. The Morgan fingerprint density at radius 2 is 1.90 bits per heavy atom. The maximum Gasteiger partial charge on any atom is 0.124 e. The lowest BCUT2D eigenvalue weighted by atomic mass is 10.0. The summed E-state index contributed by atoms with van der Waals surface area (Å²) in [6.45, 7) is 6.15. The summed E-state index contributed by atoms with van der Waals surface area (Å²) in [6.07, 6.45) is 0. The minimum atomic E-state index is 0.107. The molecule has 1 unspecified atom stereocenters. The Labute approximate surface area is 139 Å². The summed E-state index contributed by atoms with van der Waals surface area (Å²) in [6, 6.07) is 10.3. The number of hydrogen-bond acceptors (Lipinski definition) is 2. The standard InChI is InChI=1S/C17H19BrClNO/c1-10-5-6-13(17(7-10)21-4)12(3)20-16-9-15(19)11(2)8-14(16)18/h5-9,12,20H,1-4H3. The number of ether oxygens (including phenoxy) is 1. The van der Waals surface area contributed by atoms with Gasteiger partial charge in [0, 0.05) is 15.1 Å².